The first-order valence-electron chi connectivity index (χ1n) is 9.36. The molecule has 2 amide bonds. The summed E-state index contributed by atoms with van der Waals surface area (Å²) in [5.41, 5.74) is 2.53. The number of carbonyl (C=O) groups excluding carboxylic acids is 2. The Hall–Kier alpha value is -3.02. The van der Waals surface area contributed by atoms with Crippen molar-refractivity contribution in [2.24, 2.45) is 5.92 Å². The molecule has 0 aromatic heterocycles. The van der Waals surface area contributed by atoms with Gasteiger partial charge >= 0.3 is 0 Å². The number of benzene rings is 2. The molecular weight excluding hydrogens is 356 g/mol. The van der Waals surface area contributed by atoms with Crippen molar-refractivity contribution < 1.29 is 19.1 Å². The quantitative estimate of drug-likeness (QED) is 0.825. The Morgan fingerprint density at radius 3 is 2.61 bits per heavy atom. The van der Waals surface area contributed by atoms with Crippen molar-refractivity contribution in [3.8, 4) is 11.5 Å². The summed E-state index contributed by atoms with van der Waals surface area (Å²) in [4.78, 5) is 27.0. The summed E-state index contributed by atoms with van der Waals surface area (Å²) in [6, 6.07) is 13.1. The van der Waals surface area contributed by atoms with E-state index in [1.807, 2.05) is 24.3 Å². The maximum absolute atomic E-state index is 12.8. The standard InChI is InChI=1S/C22H26N2O4/c1-14(2)15-6-5-7-17(10-15)24-13-16(11-21(24)25)22(26)23-19-12-18(27-3)8-9-20(19)28-4/h5-10,12,14,16H,11,13H2,1-4H3,(H,23,26)/t16-/m0/s1. The van der Waals surface area contributed by atoms with Crippen molar-refractivity contribution in [3.63, 3.8) is 0 Å². The zero-order chi connectivity index (χ0) is 20.3. The number of carbonyl (C=O) groups is 2. The van der Waals surface area contributed by atoms with Gasteiger partial charge in [-0.15, -0.1) is 0 Å². The van der Waals surface area contributed by atoms with Gasteiger partial charge in [-0.2, -0.15) is 0 Å². The fourth-order valence-electron chi connectivity index (χ4n) is 3.33. The van der Waals surface area contributed by atoms with Crippen LogP contribution in [0.2, 0.25) is 0 Å². The highest BCUT2D eigenvalue weighted by atomic mass is 16.5. The highest BCUT2D eigenvalue weighted by Gasteiger charge is 2.35. The average molecular weight is 382 g/mol. The Balaban J connectivity index is 1.75. The van der Waals surface area contributed by atoms with E-state index in [-0.39, 0.29) is 18.2 Å². The first kappa shape index (κ1) is 19.7. The van der Waals surface area contributed by atoms with E-state index >= 15 is 0 Å². The molecule has 6 heteroatoms. The van der Waals surface area contributed by atoms with E-state index in [1.54, 1.807) is 37.3 Å². The number of ether oxygens (including phenoxy) is 2. The van der Waals surface area contributed by atoms with Crippen LogP contribution < -0.4 is 19.7 Å². The molecule has 0 bridgehead atoms. The van der Waals surface area contributed by atoms with Gasteiger partial charge in [0.05, 0.1) is 25.8 Å². The second-order valence-corrected chi connectivity index (χ2v) is 7.21. The fourth-order valence-corrected chi connectivity index (χ4v) is 3.33. The van der Waals surface area contributed by atoms with Crippen LogP contribution in [0.25, 0.3) is 0 Å². The smallest absolute Gasteiger partial charge is 0.229 e. The van der Waals surface area contributed by atoms with E-state index < -0.39 is 5.92 Å². The zero-order valence-electron chi connectivity index (χ0n) is 16.7. The molecule has 1 N–H and O–H groups in total. The number of rotatable bonds is 6. The van der Waals surface area contributed by atoms with Gasteiger partial charge in [0.1, 0.15) is 11.5 Å². The molecular formula is C22H26N2O4. The summed E-state index contributed by atoms with van der Waals surface area (Å²) in [5.74, 6) is 0.857. The predicted molar refractivity (Wildman–Crippen MR) is 109 cm³/mol. The molecule has 1 aliphatic heterocycles. The minimum Gasteiger partial charge on any atom is -0.497 e. The van der Waals surface area contributed by atoms with Gasteiger partial charge in [-0.05, 0) is 35.7 Å². The van der Waals surface area contributed by atoms with Crippen LogP contribution >= 0.6 is 0 Å². The number of anilines is 2. The summed E-state index contributed by atoms with van der Waals surface area (Å²) in [7, 11) is 3.10. The van der Waals surface area contributed by atoms with Crippen LogP contribution in [-0.4, -0.2) is 32.6 Å². The Morgan fingerprint density at radius 2 is 1.93 bits per heavy atom. The average Bonchev–Trinajstić information content (AvgIpc) is 3.09. The molecule has 0 spiro atoms. The predicted octanol–water partition coefficient (Wildman–Crippen LogP) is 3.82. The van der Waals surface area contributed by atoms with Gasteiger partial charge in [-0.1, -0.05) is 26.0 Å². The van der Waals surface area contributed by atoms with Crippen LogP contribution in [-0.2, 0) is 9.59 Å². The molecule has 0 saturated carbocycles. The molecule has 28 heavy (non-hydrogen) atoms. The molecule has 1 aliphatic rings. The minimum atomic E-state index is -0.425. The number of hydrogen-bond acceptors (Lipinski definition) is 4. The molecule has 1 fully saturated rings. The molecule has 0 radical (unpaired) electrons. The SMILES string of the molecule is COc1ccc(OC)c(NC(=O)[C@H]2CC(=O)N(c3cccc(C(C)C)c3)C2)c1. The molecule has 1 heterocycles. The third-order valence-electron chi connectivity index (χ3n) is 5.01. The fraction of sp³-hybridized carbons (Fsp3) is 0.364. The first-order valence-corrected chi connectivity index (χ1v) is 9.36. The maximum atomic E-state index is 12.8. The van der Waals surface area contributed by atoms with Crippen molar-refractivity contribution >= 4 is 23.2 Å². The lowest BCUT2D eigenvalue weighted by atomic mass is 10.0. The van der Waals surface area contributed by atoms with Crippen molar-refractivity contribution in [1.82, 2.24) is 0 Å². The van der Waals surface area contributed by atoms with Crippen molar-refractivity contribution in [1.29, 1.82) is 0 Å². The molecule has 1 saturated heterocycles. The lowest BCUT2D eigenvalue weighted by molar-refractivity contribution is -0.122. The highest BCUT2D eigenvalue weighted by molar-refractivity contribution is 6.04. The van der Waals surface area contributed by atoms with Crippen molar-refractivity contribution in [3.05, 3.63) is 48.0 Å². The highest BCUT2D eigenvalue weighted by Crippen LogP contribution is 2.32. The van der Waals surface area contributed by atoms with Crippen LogP contribution in [0.15, 0.2) is 42.5 Å². The Labute approximate surface area is 165 Å². The van der Waals surface area contributed by atoms with E-state index in [2.05, 4.69) is 19.2 Å². The summed E-state index contributed by atoms with van der Waals surface area (Å²) < 4.78 is 10.5. The molecule has 148 valence electrons. The monoisotopic (exact) mass is 382 g/mol. The second-order valence-electron chi connectivity index (χ2n) is 7.21. The van der Waals surface area contributed by atoms with Gasteiger partial charge in [-0.3, -0.25) is 9.59 Å². The molecule has 0 unspecified atom stereocenters. The van der Waals surface area contributed by atoms with Crippen LogP contribution in [0.4, 0.5) is 11.4 Å². The van der Waals surface area contributed by atoms with Crippen molar-refractivity contribution in [2.45, 2.75) is 26.2 Å². The molecule has 3 rings (SSSR count). The Morgan fingerprint density at radius 1 is 1.14 bits per heavy atom. The zero-order valence-corrected chi connectivity index (χ0v) is 16.7. The van der Waals surface area contributed by atoms with Crippen LogP contribution in [0.1, 0.15) is 31.7 Å². The summed E-state index contributed by atoms with van der Waals surface area (Å²) in [6.45, 7) is 4.59. The topological polar surface area (TPSA) is 67.9 Å². The van der Waals surface area contributed by atoms with Crippen LogP contribution in [0, 0.1) is 5.92 Å². The number of hydrogen-bond donors (Lipinski definition) is 1. The van der Waals surface area contributed by atoms with Gasteiger partial charge in [0.2, 0.25) is 11.8 Å². The first-order chi connectivity index (χ1) is 13.4. The number of nitrogens with one attached hydrogen (secondary N) is 1. The van der Waals surface area contributed by atoms with E-state index in [0.717, 1.165) is 5.69 Å². The maximum Gasteiger partial charge on any atom is 0.229 e. The Kier molecular flexibility index (Phi) is 5.87. The normalized spacial score (nSPS) is 16.4. The lowest BCUT2D eigenvalue weighted by Crippen LogP contribution is -2.28. The number of methoxy groups -OCH3 is 2. The summed E-state index contributed by atoms with van der Waals surface area (Å²) in [5, 5.41) is 2.88. The van der Waals surface area contributed by atoms with E-state index in [0.29, 0.717) is 29.6 Å². The lowest BCUT2D eigenvalue weighted by Gasteiger charge is -2.19. The number of amides is 2. The van der Waals surface area contributed by atoms with E-state index in [4.69, 9.17) is 9.47 Å². The second kappa shape index (κ2) is 8.33. The van der Waals surface area contributed by atoms with Gasteiger partial charge in [0.25, 0.3) is 0 Å². The third kappa shape index (κ3) is 4.11. The summed E-state index contributed by atoms with van der Waals surface area (Å²) >= 11 is 0. The minimum absolute atomic E-state index is 0.0429. The third-order valence-corrected chi connectivity index (χ3v) is 5.01. The van der Waals surface area contributed by atoms with Crippen LogP contribution in [0.5, 0.6) is 11.5 Å². The molecule has 2 aromatic rings. The number of nitrogens with zero attached hydrogens (tertiary/aromatic N) is 1. The molecule has 1 atom stereocenters. The largest absolute Gasteiger partial charge is 0.497 e. The van der Waals surface area contributed by atoms with Crippen LogP contribution in [0.3, 0.4) is 0 Å². The van der Waals surface area contributed by atoms with Gasteiger partial charge in [-0.25, -0.2) is 0 Å². The van der Waals surface area contributed by atoms with Gasteiger partial charge in [0, 0.05) is 24.7 Å². The van der Waals surface area contributed by atoms with Crippen molar-refractivity contribution in [2.75, 3.05) is 31.0 Å². The van der Waals surface area contributed by atoms with Gasteiger partial charge < -0.3 is 19.7 Å². The molecule has 6 nitrogen and oxygen atoms in total. The van der Waals surface area contributed by atoms with E-state index in [9.17, 15) is 9.59 Å². The molecule has 2 aromatic carbocycles. The van der Waals surface area contributed by atoms with E-state index in [1.165, 1.54) is 5.56 Å². The molecule has 0 aliphatic carbocycles. The van der Waals surface area contributed by atoms with Gasteiger partial charge in [0.15, 0.2) is 0 Å². The summed E-state index contributed by atoms with van der Waals surface area (Å²) in [6.07, 6.45) is 0.185. The Bertz CT molecular complexity index is 879.